The van der Waals surface area contributed by atoms with Crippen LogP contribution in [-0.4, -0.2) is 19.3 Å². The molecule has 0 aromatic carbocycles. The summed E-state index contributed by atoms with van der Waals surface area (Å²) in [5, 5.41) is 3.89. The van der Waals surface area contributed by atoms with Crippen molar-refractivity contribution in [3.05, 3.63) is 33.1 Å². The van der Waals surface area contributed by atoms with Crippen LogP contribution in [0.2, 0.25) is 0 Å². The number of rotatable bonds is 0. The molecule has 0 aromatic rings. The fourth-order valence-corrected chi connectivity index (χ4v) is 1.24. The second-order valence-electron chi connectivity index (χ2n) is 2.95. The third kappa shape index (κ3) is 1.04. The van der Waals surface area contributed by atoms with Gasteiger partial charge in [-0.15, -0.1) is 0 Å². The standard InChI is InChI=1S/C8H8N4O2/c1-11-7(13)5-3-4-9-12(2)6(5)10-8(11)14/h3-4H,1-2H3. The maximum Gasteiger partial charge on any atom is 0.352 e. The van der Waals surface area contributed by atoms with Crippen LogP contribution < -0.4 is 11.2 Å². The minimum absolute atomic E-state index is 0.306. The summed E-state index contributed by atoms with van der Waals surface area (Å²) in [7, 11) is 3.03. The minimum atomic E-state index is -0.564. The number of aromatic nitrogens is 4. The van der Waals surface area contributed by atoms with Gasteiger partial charge in [-0.2, -0.15) is 10.1 Å². The Morgan fingerprint density at radius 2 is 2.00 bits per heavy atom. The van der Waals surface area contributed by atoms with Crippen molar-refractivity contribution in [2.24, 2.45) is 14.1 Å². The maximum absolute atomic E-state index is 11.6. The van der Waals surface area contributed by atoms with E-state index in [9.17, 15) is 9.59 Å². The Hall–Kier alpha value is -1.98. The highest BCUT2D eigenvalue weighted by molar-refractivity contribution is 5.53. The first-order chi connectivity index (χ1) is 6.61. The van der Waals surface area contributed by atoms with E-state index < -0.39 is 5.69 Å². The van der Waals surface area contributed by atoms with E-state index in [1.54, 1.807) is 13.1 Å². The van der Waals surface area contributed by atoms with Crippen LogP contribution in [0.25, 0.3) is 11.4 Å². The molecule has 0 saturated carbocycles. The first-order valence-corrected chi connectivity index (χ1v) is 4.00. The smallest absolute Gasteiger partial charge is 0.268 e. The first-order valence-electron chi connectivity index (χ1n) is 4.00. The zero-order valence-corrected chi connectivity index (χ0v) is 7.76. The minimum Gasteiger partial charge on any atom is -0.268 e. The Morgan fingerprint density at radius 1 is 1.29 bits per heavy atom. The van der Waals surface area contributed by atoms with Gasteiger partial charge in [-0.05, 0) is 6.07 Å². The lowest BCUT2D eigenvalue weighted by atomic mass is 10.3. The molecule has 72 valence electrons. The molecule has 6 nitrogen and oxygen atoms in total. The molecule has 0 saturated heterocycles. The average Bonchev–Trinajstić information content (AvgIpc) is 2.17. The van der Waals surface area contributed by atoms with E-state index in [2.05, 4.69) is 10.1 Å². The number of hydrogen-bond acceptors (Lipinski definition) is 4. The highest BCUT2D eigenvalue weighted by atomic mass is 16.2. The Morgan fingerprint density at radius 3 is 2.71 bits per heavy atom. The third-order valence-electron chi connectivity index (χ3n) is 2.05. The fourth-order valence-electron chi connectivity index (χ4n) is 1.24. The van der Waals surface area contributed by atoms with Gasteiger partial charge in [0.1, 0.15) is 0 Å². The lowest BCUT2D eigenvalue weighted by molar-refractivity contribution is 0.693. The van der Waals surface area contributed by atoms with Crippen LogP contribution in [0.5, 0.6) is 0 Å². The summed E-state index contributed by atoms with van der Waals surface area (Å²) < 4.78 is 2.38. The van der Waals surface area contributed by atoms with Crippen LogP contribution in [0.3, 0.4) is 0 Å². The molecule has 0 atom stereocenters. The first kappa shape index (κ1) is 8.61. The van der Waals surface area contributed by atoms with E-state index in [0.29, 0.717) is 11.4 Å². The van der Waals surface area contributed by atoms with Gasteiger partial charge in [0.05, 0.1) is 5.56 Å². The molecule has 0 spiro atoms. The predicted molar refractivity (Wildman–Crippen MR) is 49.1 cm³/mol. The van der Waals surface area contributed by atoms with Crippen LogP contribution >= 0.6 is 0 Å². The molecule has 2 aliphatic rings. The molecule has 6 heteroatoms. The van der Waals surface area contributed by atoms with E-state index in [1.165, 1.54) is 17.9 Å². The van der Waals surface area contributed by atoms with Crippen molar-refractivity contribution in [1.82, 2.24) is 19.3 Å². The van der Waals surface area contributed by atoms with E-state index in [-0.39, 0.29) is 5.56 Å². The van der Waals surface area contributed by atoms with Gasteiger partial charge in [-0.3, -0.25) is 14.0 Å². The molecule has 0 radical (unpaired) electrons. The van der Waals surface area contributed by atoms with Gasteiger partial charge in [-0.1, -0.05) is 0 Å². The lowest BCUT2D eigenvalue weighted by Gasteiger charge is -2.07. The van der Waals surface area contributed by atoms with Gasteiger partial charge in [0, 0.05) is 20.3 Å². The number of fused-ring (bicyclic) bond motifs is 1. The lowest BCUT2D eigenvalue weighted by Crippen LogP contribution is -2.35. The summed E-state index contributed by atoms with van der Waals surface area (Å²) in [6, 6.07) is 1.55. The topological polar surface area (TPSA) is 69.8 Å². The van der Waals surface area contributed by atoms with Crippen molar-refractivity contribution in [1.29, 1.82) is 0 Å². The SMILES string of the molecule is Cn1nccc2c(=O)n(C)c(=O)nc1-2. The highest BCUT2D eigenvalue weighted by Gasteiger charge is 2.13. The van der Waals surface area contributed by atoms with Crippen molar-refractivity contribution in [2.75, 3.05) is 0 Å². The molecule has 0 fully saturated rings. The summed E-state index contributed by atoms with van der Waals surface area (Å²) in [6.45, 7) is 0. The third-order valence-corrected chi connectivity index (χ3v) is 2.05. The number of hydrogen-bond donors (Lipinski definition) is 0. The van der Waals surface area contributed by atoms with E-state index in [4.69, 9.17) is 0 Å². The molecule has 2 aliphatic heterocycles. The number of aryl methyl sites for hydroxylation is 1. The Kier molecular flexibility index (Phi) is 1.70. The van der Waals surface area contributed by atoms with Crippen LogP contribution in [-0.2, 0) is 14.1 Å². The van der Waals surface area contributed by atoms with Crippen LogP contribution in [0, 0.1) is 0 Å². The zero-order valence-electron chi connectivity index (χ0n) is 7.76. The van der Waals surface area contributed by atoms with Gasteiger partial charge in [-0.25, -0.2) is 4.79 Å². The van der Waals surface area contributed by atoms with E-state index in [1.807, 2.05) is 0 Å². The quantitative estimate of drug-likeness (QED) is 0.535. The van der Waals surface area contributed by atoms with Crippen molar-refractivity contribution in [3.63, 3.8) is 0 Å². The van der Waals surface area contributed by atoms with E-state index >= 15 is 0 Å². The van der Waals surface area contributed by atoms with Crippen molar-refractivity contribution >= 4 is 0 Å². The maximum atomic E-state index is 11.6. The molecule has 0 amide bonds. The second-order valence-corrected chi connectivity index (χ2v) is 2.95. The number of nitrogens with zero attached hydrogens (tertiary/aromatic N) is 4. The molecule has 0 aromatic heterocycles. The normalized spacial score (nSPS) is 10.7. The second kappa shape index (κ2) is 2.76. The Labute approximate surface area is 78.8 Å². The molecule has 0 bridgehead atoms. The zero-order chi connectivity index (χ0) is 10.3. The van der Waals surface area contributed by atoms with Crippen LogP contribution in [0.4, 0.5) is 0 Å². The Balaban J connectivity index is 3.05. The fraction of sp³-hybridized carbons (Fsp3) is 0.250. The summed E-state index contributed by atoms with van der Waals surface area (Å²) in [5.74, 6) is 0.306. The van der Waals surface area contributed by atoms with Gasteiger partial charge in [0.2, 0.25) is 0 Å². The molecular formula is C8H8N4O2. The summed E-state index contributed by atoms with van der Waals surface area (Å²) in [6.07, 6.45) is 1.50. The van der Waals surface area contributed by atoms with Crippen LogP contribution in [0.15, 0.2) is 21.9 Å². The van der Waals surface area contributed by atoms with Crippen molar-refractivity contribution in [3.8, 4) is 11.4 Å². The van der Waals surface area contributed by atoms with Crippen molar-refractivity contribution < 1.29 is 0 Å². The molecule has 0 N–H and O–H groups in total. The van der Waals surface area contributed by atoms with Gasteiger partial charge < -0.3 is 0 Å². The van der Waals surface area contributed by atoms with Crippen LogP contribution in [0.1, 0.15) is 0 Å². The summed E-state index contributed by atoms with van der Waals surface area (Å²) in [5.41, 5.74) is -0.520. The van der Waals surface area contributed by atoms with Gasteiger partial charge in [0.25, 0.3) is 5.56 Å². The van der Waals surface area contributed by atoms with Crippen molar-refractivity contribution in [2.45, 2.75) is 0 Å². The predicted octanol–water partition coefficient (Wildman–Crippen LogP) is -1.02. The molecule has 0 unspecified atom stereocenters. The Bertz CT molecular complexity index is 569. The van der Waals surface area contributed by atoms with E-state index in [0.717, 1.165) is 4.57 Å². The largest absolute Gasteiger partial charge is 0.352 e. The highest BCUT2D eigenvalue weighted by Crippen LogP contribution is 2.07. The van der Waals surface area contributed by atoms with Gasteiger partial charge in [0.15, 0.2) is 5.82 Å². The van der Waals surface area contributed by atoms with Gasteiger partial charge >= 0.3 is 5.69 Å². The monoisotopic (exact) mass is 192 g/mol. The molecular weight excluding hydrogens is 184 g/mol. The molecule has 2 heterocycles. The average molecular weight is 192 g/mol. The molecule has 0 aliphatic carbocycles. The molecule has 2 rings (SSSR count). The molecule has 14 heavy (non-hydrogen) atoms. The summed E-state index contributed by atoms with van der Waals surface area (Å²) in [4.78, 5) is 26.5. The summed E-state index contributed by atoms with van der Waals surface area (Å²) >= 11 is 0.